The van der Waals surface area contributed by atoms with Gasteiger partial charge < -0.3 is 11.1 Å². The first-order valence-electron chi connectivity index (χ1n) is 6.24. The fourth-order valence-corrected chi connectivity index (χ4v) is 2.49. The zero-order valence-corrected chi connectivity index (χ0v) is 12.1. The monoisotopic (exact) mass is 322 g/mol. The number of benzene rings is 2. The number of thioether (sulfide) groups is 1. The number of anilines is 1. The Labute approximate surface area is 129 Å². The maximum Gasteiger partial charge on any atom is 0.261 e. The summed E-state index contributed by atoms with van der Waals surface area (Å²) in [5.74, 6) is -3.27. The number of halogens is 2. The summed E-state index contributed by atoms with van der Waals surface area (Å²) in [6.07, 6.45) is 0. The van der Waals surface area contributed by atoms with Gasteiger partial charge in [0.15, 0.2) is 0 Å². The molecule has 3 N–H and O–H groups in total. The summed E-state index contributed by atoms with van der Waals surface area (Å²) in [5, 5.41) is 2.44. The fraction of sp³-hybridized carbons (Fsp3) is 0.0667. The molecule has 2 aromatic carbocycles. The molecule has 22 heavy (non-hydrogen) atoms. The van der Waals surface area contributed by atoms with E-state index in [4.69, 9.17) is 5.73 Å². The van der Waals surface area contributed by atoms with Crippen molar-refractivity contribution in [3.05, 3.63) is 59.7 Å². The van der Waals surface area contributed by atoms with E-state index < -0.39 is 29.0 Å². The number of para-hydroxylation sites is 1. The smallest absolute Gasteiger partial charge is 0.261 e. The van der Waals surface area contributed by atoms with Crippen LogP contribution >= 0.6 is 11.8 Å². The molecular formula is C15H12F2N2O2S. The lowest BCUT2D eigenvalue weighted by Crippen LogP contribution is -2.17. The second-order valence-corrected chi connectivity index (χ2v) is 5.32. The highest BCUT2D eigenvalue weighted by atomic mass is 32.2. The second-order valence-electron chi connectivity index (χ2n) is 4.30. The maximum atomic E-state index is 13.6. The van der Waals surface area contributed by atoms with Gasteiger partial charge in [0.25, 0.3) is 5.91 Å². The van der Waals surface area contributed by atoms with Crippen LogP contribution < -0.4 is 11.1 Å². The van der Waals surface area contributed by atoms with E-state index in [-0.39, 0.29) is 5.75 Å². The summed E-state index contributed by atoms with van der Waals surface area (Å²) in [5.41, 5.74) is 4.77. The van der Waals surface area contributed by atoms with E-state index in [2.05, 4.69) is 5.32 Å². The van der Waals surface area contributed by atoms with Crippen molar-refractivity contribution in [3.63, 3.8) is 0 Å². The van der Waals surface area contributed by atoms with Crippen LogP contribution in [0.15, 0.2) is 47.4 Å². The van der Waals surface area contributed by atoms with Crippen LogP contribution in [-0.2, 0) is 4.79 Å². The minimum atomic E-state index is -0.945. The van der Waals surface area contributed by atoms with Crippen LogP contribution in [0.1, 0.15) is 10.4 Å². The van der Waals surface area contributed by atoms with E-state index in [0.29, 0.717) is 10.6 Å². The number of primary amides is 1. The first-order chi connectivity index (χ1) is 10.5. The van der Waals surface area contributed by atoms with E-state index in [9.17, 15) is 18.4 Å². The van der Waals surface area contributed by atoms with Gasteiger partial charge in [-0.2, -0.15) is 0 Å². The van der Waals surface area contributed by atoms with Crippen LogP contribution in [0, 0.1) is 11.6 Å². The number of carbonyl (C=O) groups excluding carboxylic acids is 2. The van der Waals surface area contributed by atoms with Gasteiger partial charge in [0, 0.05) is 4.90 Å². The lowest BCUT2D eigenvalue weighted by atomic mass is 10.2. The highest BCUT2D eigenvalue weighted by Crippen LogP contribution is 2.27. The molecule has 0 saturated heterocycles. The van der Waals surface area contributed by atoms with Crippen LogP contribution in [0.3, 0.4) is 0 Å². The molecule has 2 amide bonds. The Morgan fingerprint density at radius 3 is 2.32 bits per heavy atom. The average molecular weight is 322 g/mol. The van der Waals surface area contributed by atoms with E-state index in [0.717, 1.165) is 23.9 Å². The molecule has 4 nitrogen and oxygen atoms in total. The summed E-state index contributed by atoms with van der Waals surface area (Å²) in [6, 6.07) is 9.79. The largest absolute Gasteiger partial charge is 0.369 e. The molecule has 0 unspecified atom stereocenters. The number of nitrogens with two attached hydrogens (primary N) is 1. The molecule has 0 fully saturated rings. The highest BCUT2D eigenvalue weighted by molar-refractivity contribution is 8.00. The Balaban J connectivity index is 2.23. The molecule has 114 valence electrons. The molecule has 2 aromatic rings. The van der Waals surface area contributed by atoms with Gasteiger partial charge in [-0.15, -0.1) is 11.8 Å². The molecule has 0 aliphatic rings. The third-order valence-electron chi connectivity index (χ3n) is 2.70. The van der Waals surface area contributed by atoms with Crippen LogP contribution in [-0.4, -0.2) is 17.6 Å². The predicted octanol–water partition coefficient (Wildman–Crippen LogP) is 2.79. The molecule has 0 spiro atoms. The van der Waals surface area contributed by atoms with E-state index >= 15 is 0 Å². The molecular weight excluding hydrogens is 310 g/mol. The summed E-state index contributed by atoms with van der Waals surface area (Å²) in [4.78, 5) is 23.5. The Kier molecular flexibility index (Phi) is 5.11. The fourth-order valence-electron chi connectivity index (χ4n) is 1.74. The van der Waals surface area contributed by atoms with Gasteiger partial charge >= 0.3 is 0 Å². The number of hydrogen-bond acceptors (Lipinski definition) is 3. The molecule has 7 heteroatoms. The van der Waals surface area contributed by atoms with Crippen molar-refractivity contribution in [1.29, 1.82) is 0 Å². The van der Waals surface area contributed by atoms with Crippen molar-refractivity contribution in [1.82, 2.24) is 0 Å². The van der Waals surface area contributed by atoms with E-state index in [1.54, 1.807) is 24.3 Å². The number of amides is 2. The summed E-state index contributed by atoms with van der Waals surface area (Å²) in [7, 11) is 0. The first-order valence-corrected chi connectivity index (χ1v) is 7.23. The third-order valence-corrected chi connectivity index (χ3v) is 3.79. The molecule has 0 radical (unpaired) electrons. The summed E-state index contributed by atoms with van der Waals surface area (Å²) in [6.45, 7) is 0. The quantitative estimate of drug-likeness (QED) is 0.832. The molecule has 0 bridgehead atoms. The zero-order valence-electron chi connectivity index (χ0n) is 11.3. The van der Waals surface area contributed by atoms with Crippen molar-refractivity contribution >= 4 is 29.3 Å². The van der Waals surface area contributed by atoms with Crippen molar-refractivity contribution in [2.75, 3.05) is 11.1 Å². The Morgan fingerprint density at radius 1 is 1.05 bits per heavy atom. The lowest BCUT2D eigenvalue weighted by molar-refractivity contribution is -0.115. The van der Waals surface area contributed by atoms with Crippen molar-refractivity contribution < 1.29 is 18.4 Å². The lowest BCUT2D eigenvalue weighted by Gasteiger charge is -2.11. The van der Waals surface area contributed by atoms with Crippen LogP contribution in [0.4, 0.5) is 14.5 Å². The van der Waals surface area contributed by atoms with Crippen LogP contribution in [0.25, 0.3) is 0 Å². The normalized spacial score (nSPS) is 10.3. The third kappa shape index (κ3) is 3.82. The second kappa shape index (κ2) is 7.04. The molecule has 0 atom stereocenters. The van der Waals surface area contributed by atoms with Gasteiger partial charge in [-0.1, -0.05) is 18.2 Å². The zero-order chi connectivity index (χ0) is 16.1. The maximum absolute atomic E-state index is 13.6. The van der Waals surface area contributed by atoms with Crippen LogP contribution in [0.2, 0.25) is 0 Å². The van der Waals surface area contributed by atoms with Gasteiger partial charge in [0.1, 0.15) is 17.2 Å². The van der Waals surface area contributed by atoms with Crippen molar-refractivity contribution in [3.8, 4) is 0 Å². The van der Waals surface area contributed by atoms with Gasteiger partial charge in [0.05, 0.1) is 11.4 Å². The van der Waals surface area contributed by atoms with Gasteiger partial charge in [-0.25, -0.2) is 8.78 Å². The molecule has 0 heterocycles. The van der Waals surface area contributed by atoms with Crippen LogP contribution in [0.5, 0.6) is 0 Å². The average Bonchev–Trinajstić information content (AvgIpc) is 2.46. The minimum absolute atomic E-state index is 0.0287. The first kappa shape index (κ1) is 16.0. The molecule has 2 rings (SSSR count). The van der Waals surface area contributed by atoms with Gasteiger partial charge in [-0.05, 0) is 24.3 Å². The van der Waals surface area contributed by atoms with Gasteiger partial charge in [0.2, 0.25) is 5.91 Å². The Bertz CT molecular complexity index is 702. The Morgan fingerprint density at radius 2 is 1.68 bits per heavy atom. The molecule has 0 saturated carbocycles. The molecule has 0 aliphatic heterocycles. The Hall–Kier alpha value is -2.41. The number of hydrogen-bond donors (Lipinski definition) is 2. The number of carbonyl (C=O) groups is 2. The standard InChI is InChI=1S/C15H12F2N2O2S/c16-9-4-3-5-10(17)14(9)15(21)19-11-6-1-2-7-12(11)22-8-13(18)20/h1-7H,8H2,(H2,18,20)(H,19,21). The van der Waals surface area contributed by atoms with E-state index in [1.807, 2.05) is 0 Å². The number of rotatable bonds is 5. The predicted molar refractivity (Wildman–Crippen MR) is 80.7 cm³/mol. The molecule has 0 aromatic heterocycles. The minimum Gasteiger partial charge on any atom is -0.369 e. The highest BCUT2D eigenvalue weighted by Gasteiger charge is 2.18. The SMILES string of the molecule is NC(=O)CSc1ccccc1NC(=O)c1c(F)cccc1F. The van der Waals surface area contributed by atoms with Gasteiger partial charge in [-0.3, -0.25) is 9.59 Å². The van der Waals surface area contributed by atoms with E-state index in [1.165, 1.54) is 6.07 Å². The topological polar surface area (TPSA) is 72.2 Å². The number of nitrogens with one attached hydrogen (secondary N) is 1. The summed E-state index contributed by atoms with van der Waals surface area (Å²) < 4.78 is 27.2. The molecule has 0 aliphatic carbocycles. The van der Waals surface area contributed by atoms with Crippen molar-refractivity contribution in [2.24, 2.45) is 5.73 Å². The van der Waals surface area contributed by atoms with Crippen molar-refractivity contribution in [2.45, 2.75) is 4.90 Å². The summed E-state index contributed by atoms with van der Waals surface area (Å²) >= 11 is 1.12.